The maximum Gasteiger partial charge on any atom is 0.180 e. The van der Waals surface area contributed by atoms with Gasteiger partial charge in [-0.25, -0.2) is 9.97 Å². The largest absolute Gasteiger partial charge is 0.394 e. The Morgan fingerprint density at radius 1 is 1.26 bits per heavy atom. The SMILES string of the molecule is CCc1cc(N2CCC(N)(CO)CC2)nc(-c2ccccn2)n1. The number of aliphatic hydroxyl groups excluding tert-OH is 1. The first-order valence-electron chi connectivity index (χ1n) is 8.07. The molecule has 0 spiro atoms. The van der Waals surface area contributed by atoms with Crippen LogP contribution < -0.4 is 10.6 Å². The van der Waals surface area contributed by atoms with Gasteiger partial charge in [-0.1, -0.05) is 13.0 Å². The Kier molecular flexibility index (Phi) is 4.54. The molecule has 122 valence electrons. The zero-order valence-electron chi connectivity index (χ0n) is 13.4. The van der Waals surface area contributed by atoms with Crippen molar-refractivity contribution in [3.63, 3.8) is 0 Å². The van der Waals surface area contributed by atoms with Crippen LogP contribution >= 0.6 is 0 Å². The predicted octanol–water partition coefficient (Wildman–Crippen LogP) is 1.39. The molecule has 0 saturated carbocycles. The number of hydrogen-bond acceptors (Lipinski definition) is 6. The Labute approximate surface area is 136 Å². The summed E-state index contributed by atoms with van der Waals surface area (Å²) in [5.41, 5.74) is 7.48. The van der Waals surface area contributed by atoms with E-state index >= 15 is 0 Å². The third kappa shape index (κ3) is 3.48. The highest BCUT2D eigenvalue weighted by molar-refractivity contribution is 5.54. The fourth-order valence-electron chi connectivity index (χ4n) is 2.78. The number of piperidine rings is 1. The summed E-state index contributed by atoms with van der Waals surface area (Å²) in [7, 11) is 0. The lowest BCUT2D eigenvalue weighted by Gasteiger charge is -2.38. The Hall–Kier alpha value is -2.05. The molecule has 6 heteroatoms. The van der Waals surface area contributed by atoms with Crippen molar-refractivity contribution in [2.24, 2.45) is 5.73 Å². The zero-order chi connectivity index (χ0) is 16.3. The molecule has 0 amide bonds. The van der Waals surface area contributed by atoms with Gasteiger partial charge in [-0.2, -0.15) is 0 Å². The molecule has 0 unspecified atom stereocenters. The first-order chi connectivity index (χ1) is 11.1. The van der Waals surface area contributed by atoms with E-state index in [-0.39, 0.29) is 6.61 Å². The monoisotopic (exact) mass is 313 g/mol. The van der Waals surface area contributed by atoms with Gasteiger partial charge in [-0.3, -0.25) is 4.98 Å². The van der Waals surface area contributed by atoms with E-state index in [4.69, 9.17) is 10.7 Å². The molecule has 3 N–H and O–H groups in total. The van der Waals surface area contributed by atoms with Gasteiger partial charge in [-0.05, 0) is 31.4 Å². The summed E-state index contributed by atoms with van der Waals surface area (Å²) in [5, 5.41) is 9.40. The van der Waals surface area contributed by atoms with Gasteiger partial charge in [0.2, 0.25) is 0 Å². The van der Waals surface area contributed by atoms with Crippen molar-refractivity contribution in [3.05, 3.63) is 36.2 Å². The Morgan fingerprint density at radius 3 is 2.65 bits per heavy atom. The summed E-state index contributed by atoms with van der Waals surface area (Å²) in [4.78, 5) is 15.9. The molecule has 6 nitrogen and oxygen atoms in total. The molecule has 0 atom stereocenters. The molecule has 0 aliphatic carbocycles. The summed E-state index contributed by atoms with van der Waals surface area (Å²) in [5.74, 6) is 1.57. The molecule has 2 aromatic heterocycles. The van der Waals surface area contributed by atoms with Crippen LogP contribution in [0.4, 0.5) is 5.82 Å². The average Bonchev–Trinajstić information content (AvgIpc) is 2.62. The van der Waals surface area contributed by atoms with Crippen LogP contribution in [0.5, 0.6) is 0 Å². The lowest BCUT2D eigenvalue weighted by Crippen LogP contribution is -2.53. The second-order valence-corrected chi connectivity index (χ2v) is 6.12. The zero-order valence-corrected chi connectivity index (χ0v) is 13.4. The minimum Gasteiger partial charge on any atom is -0.394 e. The summed E-state index contributed by atoms with van der Waals surface area (Å²) in [6.07, 6.45) is 4.12. The van der Waals surface area contributed by atoms with Crippen molar-refractivity contribution in [2.75, 3.05) is 24.6 Å². The van der Waals surface area contributed by atoms with Crippen LogP contribution in [0.15, 0.2) is 30.5 Å². The summed E-state index contributed by atoms with van der Waals surface area (Å²) < 4.78 is 0. The number of anilines is 1. The van der Waals surface area contributed by atoms with Crippen LogP contribution in [0.2, 0.25) is 0 Å². The molecule has 3 rings (SSSR count). The van der Waals surface area contributed by atoms with Crippen molar-refractivity contribution in [2.45, 2.75) is 31.7 Å². The Balaban J connectivity index is 1.88. The third-order valence-electron chi connectivity index (χ3n) is 4.42. The summed E-state index contributed by atoms with van der Waals surface area (Å²) in [6.45, 7) is 3.70. The van der Waals surface area contributed by atoms with Crippen molar-refractivity contribution < 1.29 is 5.11 Å². The van der Waals surface area contributed by atoms with Crippen molar-refractivity contribution in [1.82, 2.24) is 15.0 Å². The minimum absolute atomic E-state index is 0.0318. The van der Waals surface area contributed by atoms with E-state index in [2.05, 4.69) is 21.8 Å². The highest BCUT2D eigenvalue weighted by atomic mass is 16.3. The lowest BCUT2D eigenvalue weighted by molar-refractivity contribution is 0.170. The molecule has 1 fully saturated rings. The smallest absolute Gasteiger partial charge is 0.180 e. The number of aliphatic hydroxyl groups is 1. The van der Waals surface area contributed by atoms with E-state index in [1.807, 2.05) is 24.3 Å². The molecule has 0 bridgehead atoms. The number of pyridine rings is 1. The maximum absolute atomic E-state index is 9.40. The van der Waals surface area contributed by atoms with Crippen LogP contribution in [0.25, 0.3) is 11.5 Å². The standard InChI is InChI=1S/C17H23N5O/c1-2-13-11-15(22-9-6-17(18,12-23)7-10-22)21-16(20-13)14-5-3-4-8-19-14/h3-5,8,11,23H,2,6-7,9-10,12,18H2,1H3. The normalized spacial score (nSPS) is 17.3. The van der Waals surface area contributed by atoms with Crippen molar-refractivity contribution in [1.29, 1.82) is 0 Å². The first kappa shape index (κ1) is 15.8. The van der Waals surface area contributed by atoms with E-state index in [0.717, 1.165) is 49.6 Å². The number of nitrogens with two attached hydrogens (primary N) is 1. The molecular weight excluding hydrogens is 290 g/mol. The van der Waals surface area contributed by atoms with Gasteiger partial charge >= 0.3 is 0 Å². The molecule has 1 aliphatic rings. The van der Waals surface area contributed by atoms with Gasteiger partial charge in [0.15, 0.2) is 5.82 Å². The summed E-state index contributed by atoms with van der Waals surface area (Å²) >= 11 is 0. The van der Waals surface area contributed by atoms with E-state index in [1.54, 1.807) is 6.20 Å². The minimum atomic E-state index is -0.457. The lowest BCUT2D eigenvalue weighted by atomic mass is 9.89. The van der Waals surface area contributed by atoms with Gasteiger partial charge < -0.3 is 15.7 Å². The molecule has 1 aliphatic heterocycles. The number of rotatable bonds is 4. The topological polar surface area (TPSA) is 88.2 Å². The van der Waals surface area contributed by atoms with E-state index in [1.165, 1.54) is 0 Å². The molecule has 2 aromatic rings. The quantitative estimate of drug-likeness (QED) is 0.887. The van der Waals surface area contributed by atoms with Gasteiger partial charge in [0.1, 0.15) is 11.5 Å². The molecule has 23 heavy (non-hydrogen) atoms. The van der Waals surface area contributed by atoms with Crippen LogP contribution in [0.1, 0.15) is 25.5 Å². The van der Waals surface area contributed by atoms with Crippen molar-refractivity contribution >= 4 is 5.82 Å². The van der Waals surface area contributed by atoms with E-state index < -0.39 is 5.54 Å². The van der Waals surface area contributed by atoms with Crippen LogP contribution in [-0.2, 0) is 6.42 Å². The van der Waals surface area contributed by atoms with Gasteiger partial charge in [-0.15, -0.1) is 0 Å². The molecule has 3 heterocycles. The Morgan fingerprint density at radius 2 is 2.04 bits per heavy atom. The highest BCUT2D eigenvalue weighted by Crippen LogP contribution is 2.25. The number of aryl methyl sites for hydroxylation is 1. The fourth-order valence-corrected chi connectivity index (χ4v) is 2.78. The van der Waals surface area contributed by atoms with E-state index in [0.29, 0.717) is 5.82 Å². The number of nitrogens with zero attached hydrogens (tertiary/aromatic N) is 4. The Bertz CT molecular complexity index is 653. The van der Waals surface area contributed by atoms with Gasteiger partial charge in [0.25, 0.3) is 0 Å². The van der Waals surface area contributed by atoms with Crippen LogP contribution in [-0.4, -0.2) is 45.3 Å². The fraction of sp³-hybridized carbons (Fsp3) is 0.471. The first-order valence-corrected chi connectivity index (χ1v) is 8.07. The van der Waals surface area contributed by atoms with Crippen molar-refractivity contribution in [3.8, 4) is 11.5 Å². The van der Waals surface area contributed by atoms with Crippen LogP contribution in [0, 0.1) is 0 Å². The van der Waals surface area contributed by atoms with E-state index in [9.17, 15) is 5.11 Å². The van der Waals surface area contributed by atoms with Gasteiger partial charge in [0, 0.05) is 36.6 Å². The molecule has 1 saturated heterocycles. The average molecular weight is 313 g/mol. The second-order valence-electron chi connectivity index (χ2n) is 6.12. The molecular formula is C17H23N5O. The maximum atomic E-state index is 9.40. The molecule has 0 radical (unpaired) electrons. The predicted molar refractivity (Wildman–Crippen MR) is 90.1 cm³/mol. The second kappa shape index (κ2) is 6.60. The van der Waals surface area contributed by atoms with Crippen LogP contribution in [0.3, 0.4) is 0 Å². The van der Waals surface area contributed by atoms with Gasteiger partial charge in [0.05, 0.1) is 6.61 Å². The number of hydrogen-bond donors (Lipinski definition) is 2. The highest BCUT2D eigenvalue weighted by Gasteiger charge is 2.30. The number of aromatic nitrogens is 3. The molecule has 0 aromatic carbocycles. The third-order valence-corrected chi connectivity index (χ3v) is 4.42. The summed E-state index contributed by atoms with van der Waals surface area (Å²) in [6, 6.07) is 7.78.